The minimum Gasteiger partial charge on any atom is -0.354 e. The van der Waals surface area contributed by atoms with E-state index in [1.54, 1.807) is 0 Å². The normalized spacial score (nSPS) is 11.8. The van der Waals surface area contributed by atoms with E-state index >= 15 is 0 Å². The van der Waals surface area contributed by atoms with E-state index in [2.05, 4.69) is 17.6 Å². The Morgan fingerprint density at radius 1 is 1.00 bits per heavy atom. The van der Waals surface area contributed by atoms with E-state index in [9.17, 15) is 14.4 Å². The fourth-order valence-corrected chi connectivity index (χ4v) is 1.96. The summed E-state index contributed by atoms with van der Waals surface area (Å²) in [5.74, 6) is -0.221. The molecule has 0 aliphatic carbocycles. The quantitative estimate of drug-likeness (QED) is 0.569. The van der Waals surface area contributed by atoms with E-state index in [1.807, 2.05) is 0 Å². The third kappa shape index (κ3) is 10.5. The number of rotatable bonds is 11. The summed E-state index contributed by atoms with van der Waals surface area (Å²) >= 11 is 0. The molecule has 116 valence electrons. The summed E-state index contributed by atoms with van der Waals surface area (Å²) in [7, 11) is 0. The lowest BCUT2D eigenvalue weighted by Gasteiger charge is -2.17. The van der Waals surface area contributed by atoms with Crippen LogP contribution in [0.1, 0.15) is 65.7 Å². The van der Waals surface area contributed by atoms with Gasteiger partial charge in [0.05, 0.1) is 0 Å². The van der Waals surface area contributed by atoms with Gasteiger partial charge < -0.3 is 15.4 Å². The molecule has 2 amide bonds. The first kappa shape index (κ1) is 18.6. The Morgan fingerprint density at radius 2 is 1.70 bits per heavy atom. The first-order valence-electron chi connectivity index (χ1n) is 7.51. The third-order valence-electron chi connectivity index (χ3n) is 3.05. The van der Waals surface area contributed by atoms with Gasteiger partial charge in [-0.25, -0.2) is 0 Å². The van der Waals surface area contributed by atoms with Crippen LogP contribution < -0.4 is 10.6 Å². The molecule has 20 heavy (non-hydrogen) atoms. The minimum absolute atomic E-state index is 0.122. The van der Waals surface area contributed by atoms with Gasteiger partial charge in [0.25, 0.3) is 0 Å². The highest BCUT2D eigenvalue weighted by Gasteiger charge is 2.18. The molecule has 0 fully saturated rings. The predicted octanol–water partition coefficient (Wildman–Crippen LogP) is 1.95. The molecular weight excluding hydrogens is 256 g/mol. The van der Waals surface area contributed by atoms with Crippen molar-refractivity contribution in [3.05, 3.63) is 0 Å². The largest absolute Gasteiger partial charge is 0.354 e. The average molecular weight is 284 g/mol. The summed E-state index contributed by atoms with van der Waals surface area (Å²) in [5, 5.41) is 5.47. The molecule has 0 aromatic carbocycles. The van der Waals surface area contributed by atoms with Crippen LogP contribution in [0, 0.1) is 0 Å². The van der Waals surface area contributed by atoms with Gasteiger partial charge in [-0.15, -0.1) is 0 Å². The fourth-order valence-electron chi connectivity index (χ4n) is 1.96. The molecule has 0 heterocycles. The Hall–Kier alpha value is -1.39. The van der Waals surface area contributed by atoms with Crippen LogP contribution in [0.3, 0.4) is 0 Å². The monoisotopic (exact) mass is 284 g/mol. The molecule has 2 N–H and O–H groups in total. The van der Waals surface area contributed by atoms with Gasteiger partial charge >= 0.3 is 0 Å². The lowest BCUT2D eigenvalue weighted by molar-refractivity contribution is -0.128. The molecule has 0 saturated heterocycles. The molecule has 0 spiro atoms. The minimum atomic E-state index is -0.457. The number of unbranched alkanes of at least 4 members (excludes halogenated alkanes) is 3. The van der Waals surface area contributed by atoms with Crippen LogP contribution in [0.4, 0.5) is 0 Å². The molecule has 0 aromatic rings. The summed E-state index contributed by atoms with van der Waals surface area (Å²) in [5.41, 5.74) is 0. The maximum Gasteiger partial charge on any atom is 0.242 e. The highest BCUT2D eigenvalue weighted by molar-refractivity contribution is 5.86. The lowest BCUT2D eigenvalue weighted by atomic mass is 10.1. The van der Waals surface area contributed by atoms with E-state index in [4.69, 9.17) is 0 Å². The molecule has 0 aliphatic rings. The van der Waals surface area contributed by atoms with E-state index in [0.717, 1.165) is 25.7 Å². The van der Waals surface area contributed by atoms with Gasteiger partial charge in [-0.2, -0.15) is 0 Å². The van der Waals surface area contributed by atoms with E-state index in [-0.39, 0.29) is 17.6 Å². The van der Waals surface area contributed by atoms with Crippen molar-refractivity contribution < 1.29 is 14.4 Å². The van der Waals surface area contributed by atoms with Gasteiger partial charge in [0.15, 0.2) is 0 Å². The average Bonchev–Trinajstić information content (AvgIpc) is 2.37. The molecule has 1 atom stereocenters. The number of amides is 2. The Bertz CT molecular complexity index is 316. The van der Waals surface area contributed by atoms with Crippen molar-refractivity contribution in [3.63, 3.8) is 0 Å². The van der Waals surface area contributed by atoms with E-state index in [0.29, 0.717) is 25.8 Å². The van der Waals surface area contributed by atoms with Crippen molar-refractivity contribution in [1.82, 2.24) is 10.6 Å². The maximum absolute atomic E-state index is 12.0. The van der Waals surface area contributed by atoms with Crippen LogP contribution in [0.2, 0.25) is 0 Å². The number of ketones is 1. The number of carbonyl (C=O) groups is 3. The Kier molecular flexibility index (Phi) is 10.6. The number of hydrogen-bond acceptors (Lipinski definition) is 3. The number of carbonyl (C=O) groups excluding carboxylic acids is 3. The molecule has 0 radical (unpaired) electrons. The van der Waals surface area contributed by atoms with Crippen molar-refractivity contribution in [1.29, 1.82) is 0 Å². The topological polar surface area (TPSA) is 75.3 Å². The molecule has 0 aromatic heterocycles. The molecule has 0 bridgehead atoms. The second kappa shape index (κ2) is 11.4. The Morgan fingerprint density at radius 3 is 2.25 bits per heavy atom. The highest BCUT2D eigenvalue weighted by atomic mass is 16.2. The molecule has 0 unspecified atom stereocenters. The number of hydrogen-bond donors (Lipinski definition) is 2. The van der Waals surface area contributed by atoms with Crippen LogP contribution in [0.25, 0.3) is 0 Å². The van der Waals surface area contributed by atoms with Crippen LogP contribution in [0.15, 0.2) is 0 Å². The van der Waals surface area contributed by atoms with Crippen molar-refractivity contribution in [3.8, 4) is 0 Å². The van der Waals surface area contributed by atoms with Gasteiger partial charge in [0, 0.05) is 19.9 Å². The fraction of sp³-hybridized carbons (Fsp3) is 0.800. The van der Waals surface area contributed by atoms with Crippen LogP contribution >= 0.6 is 0 Å². The smallest absolute Gasteiger partial charge is 0.242 e. The van der Waals surface area contributed by atoms with Crippen LogP contribution in [-0.2, 0) is 14.4 Å². The van der Waals surface area contributed by atoms with Gasteiger partial charge in [-0.1, -0.05) is 32.6 Å². The zero-order valence-corrected chi connectivity index (χ0v) is 13.0. The highest BCUT2D eigenvalue weighted by Crippen LogP contribution is 2.06. The van der Waals surface area contributed by atoms with E-state index < -0.39 is 6.04 Å². The first-order valence-corrected chi connectivity index (χ1v) is 7.51. The van der Waals surface area contributed by atoms with Gasteiger partial charge in [0.2, 0.25) is 11.8 Å². The summed E-state index contributed by atoms with van der Waals surface area (Å²) in [6, 6.07) is -0.457. The van der Waals surface area contributed by atoms with E-state index in [1.165, 1.54) is 13.8 Å². The predicted molar refractivity (Wildman–Crippen MR) is 79.3 cm³/mol. The van der Waals surface area contributed by atoms with Crippen molar-refractivity contribution in [2.24, 2.45) is 0 Å². The molecule has 0 saturated carbocycles. The summed E-state index contributed by atoms with van der Waals surface area (Å²) in [4.78, 5) is 33.9. The molecular formula is C15H28N2O3. The van der Waals surface area contributed by atoms with Crippen molar-refractivity contribution >= 4 is 17.6 Å². The maximum atomic E-state index is 12.0. The Labute approximate surface area is 121 Å². The zero-order valence-electron chi connectivity index (χ0n) is 13.0. The zero-order chi connectivity index (χ0) is 15.4. The van der Waals surface area contributed by atoms with Crippen molar-refractivity contribution in [2.45, 2.75) is 71.8 Å². The van der Waals surface area contributed by atoms with Crippen LogP contribution in [0.5, 0.6) is 0 Å². The van der Waals surface area contributed by atoms with Crippen LogP contribution in [-0.4, -0.2) is 30.2 Å². The standard InChI is InChI=1S/C15H28N2O3/c1-4-5-6-7-10-14(17-13(3)19)15(20)16-11-8-9-12(2)18/h14H,4-11H2,1-3H3,(H,16,20)(H,17,19)/t14-/m1/s1. The van der Waals surface area contributed by atoms with Gasteiger partial charge in [-0.3, -0.25) is 9.59 Å². The SMILES string of the molecule is CCCCCC[C@@H](NC(C)=O)C(=O)NCCCC(C)=O. The second-order valence-corrected chi connectivity index (χ2v) is 5.20. The summed E-state index contributed by atoms with van der Waals surface area (Å²) in [6.07, 6.45) is 6.07. The van der Waals surface area contributed by atoms with Gasteiger partial charge in [-0.05, 0) is 19.8 Å². The third-order valence-corrected chi connectivity index (χ3v) is 3.05. The van der Waals surface area contributed by atoms with Gasteiger partial charge in [0.1, 0.15) is 11.8 Å². The van der Waals surface area contributed by atoms with Crippen molar-refractivity contribution in [2.75, 3.05) is 6.54 Å². The summed E-state index contributed by atoms with van der Waals surface area (Å²) in [6.45, 7) is 5.56. The molecule has 5 heteroatoms. The second-order valence-electron chi connectivity index (χ2n) is 5.20. The molecule has 0 aliphatic heterocycles. The number of Topliss-reactive ketones (excluding diaryl/α,β-unsaturated/α-hetero) is 1. The first-order chi connectivity index (χ1) is 9.47. The Balaban J connectivity index is 4.06. The summed E-state index contributed by atoms with van der Waals surface area (Å²) < 4.78 is 0. The molecule has 5 nitrogen and oxygen atoms in total. The molecule has 0 rings (SSSR count). The lowest BCUT2D eigenvalue weighted by Crippen LogP contribution is -2.46. The number of nitrogens with one attached hydrogen (secondary N) is 2.